The van der Waals surface area contributed by atoms with E-state index in [1.165, 1.54) is 18.6 Å². The molecule has 0 spiro atoms. The maximum atomic E-state index is 13.4. The summed E-state index contributed by atoms with van der Waals surface area (Å²) >= 11 is 0. The van der Waals surface area contributed by atoms with Gasteiger partial charge in [-0.05, 0) is 56.8 Å². The first-order valence-electron chi connectivity index (χ1n) is 7.45. The zero-order valence-corrected chi connectivity index (χ0v) is 11.9. The van der Waals surface area contributed by atoms with Crippen molar-refractivity contribution in [2.24, 2.45) is 0 Å². The lowest BCUT2D eigenvalue weighted by molar-refractivity contribution is 0.0727. The Hall–Kier alpha value is -1.42. The Bertz CT molecular complexity index is 507. The number of carbonyl (C=O) groups is 1. The number of rotatable bonds is 4. The molecule has 1 heterocycles. The highest BCUT2D eigenvalue weighted by Crippen LogP contribution is 2.29. The Morgan fingerprint density at radius 2 is 2.20 bits per heavy atom. The minimum Gasteiger partial charge on any atom is -0.334 e. The van der Waals surface area contributed by atoms with Crippen LogP contribution in [0.5, 0.6) is 0 Å². The summed E-state index contributed by atoms with van der Waals surface area (Å²) in [4.78, 5) is 14.7. The van der Waals surface area contributed by atoms with Crippen LogP contribution in [0.3, 0.4) is 0 Å². The summed E-state index contributed by atoms with van der Waals surface area (Å²) in [5, 5.41) is 3.43. The van der Waals surface area contributed by atoms with Gasteiger partial charge in [0, 0.05) is 24.2 Å². The summed E-state index contributed by atoms with van der Waals surface area (Å²) in [6.07, 6.45) is 4.45. The Morgan fingerprint density at radius 1 is 1.40 bits per heavy atom. The van der Waals surface area contributed by atoms with Gasteiger partial charge < -0.3 is 10.2 Å². The molecule has 1 aromatic rings. The molecule has 1 aromatic carbocycles. The third kappa shape index (κ3) is 2.85. The van der Waals surface area contributed by atoms with Gasteiger partial charge in [-0.25, -0.2) is 4.39 Å². The number of nitrogens with zero attached hydrogens (tertiary/aromatic N) is 1. The molecular weight excluding hydrogens is 255 g/mol. The van der Waals surface area contributed by atoms with Gasteiger partial charge in [0.05, 0.1) is 0 Å². The SMILES string of the molecule is Cc1ccc(F)cc1C(=O)N(CC1CCCN1)C1CC1. The van der Waals surface area contributed by atoms with Crippen LogP contribution >= 0.6 is 0 Å². The van der Waals surface area contributed by atoms with Crippen molar-refractivity contribution in [3.63, 3.8) is 0 Å². The monoisotopic (exact) mass is 276 g/mol. The Labute approximate surface area is 119 Å². The van der Waals surface area contributed by atoms with E-state index in [4.69, 9.17) is 0 Å². The van der Waals surface area contributed by atoms with E-state index in [0.29, 0.717) is 17.6 Å². The fourth-order valence-corrected chi connectivity index (χ4v) is 2.91. The van der Waals surface area contributed by atoms with Gasteiger partial charge in [0.1, 0.15) is 5.82 Å². The number of hydrogen-bond acceptors (Lipinski definition) is 2. The van der Waals surface area contributed by atoms with E-state index in [1.807, 2.05) is 11.8 Å². The Morgan fingerprint density at radius 3 is 2.85 bits per heavy atom. The summed E-state index contributed by atoms with van der Waals surface area (Å²) in [5.74, 6) is -0.355. The molecule has 20 heavy (non-hydrogen) atoms. The molecule has 2 fully saturated rings. The topological polar surface area (TPSA) is 32.3 Å². The predicted octanol–water partition coefficient (Wildman–Crippen LogP) is 2.49. The van der Waals surface area contributed by atoms with Gasteiger partial charge in [-0.1, -0.05) is 6.07 Å². The molecule has 2 aliphatic rings. The first-order chi connectivity index (χ1) is 9.65. The Kier molecular flexibility index (Phi) is 3.74. The van der Waals surface area contributed by atoms with Gasteiger partial charge in [0.2, 0.25) is 0 Å². The molecule has 0 aromatic heterocycles. The van der Waals surface area contributed by atoms with Gasteiger partial charge in [0.25, 0.3) is 5.91 Å². The number of nitrogens with one attached hydrogen (secondary N) is 1. The van der Waals surface area contributed by atoms with Crippen molar-refractivity contribution in [2.75, 3.05) is 13.1 Å². The second-order valence-corrected chi connectivity index (χ2v) is 5.94. The molecule has 3 nitrogen and oxygen atoms in total. The van der Waals surface area contributed by atoms with Crippen LogP contribution in [-0.4, -0.2) is 36.0 Å². The number of hydrogen-bond donors (Lipinski definition) is 1. The fraction of sp³-hybridized carbons (Fsp3) is 0.562. The van der Waals surface area contributed by atoms with Crippen LogP contribution in [0.25, 0.3) is 0 Å². The van der Waals surface area contributed by atoms with E-state index in [9.17, 15) is 9.18 Å². The van der Waals surface area contributed by atoms with Crippen LogP contribution in [0.2, 0.25) is 0 Å². The maximum Gasteiger partial charge on any atom is 0.254 e. The number of aryl methyl sites for hydroxylation is 1. The predicted molar refractivity (Wildman–Crippen MR) is 76.2 cm³/mol. The lowest BCUT2D eigenvalue weighted by atomic mass is 10.1. The molecule has 3 rings (SSSR count). The van der Waals surface area contributed by atoms with Crippen LogP contribution in [-0.2, 0) is 0 Å². The van der Waals surface area contributed by atoms with Gasteiger partial charge in [-0.15, -0.1) is 0 Å². The summed E-state index contributed by atoms with van der Waals surface area (Å²) in [6, 6.07) is 5.21. The van der Waals surface area contributed by atoms with Gasteiger partial charge in [-0.2, -0.15) is 0 Å². The molecular formula is C16H21FN2O. The molecule has 1 amide bonds. The van der Waals surface area contributed by atoms with Crippen molar-refractivity contribution in [2.45, 2.75) is 44.7 Å². The van der Waals surface area contributed by atoms with Crippen molar-refractivity contribution >= 4 is 5.91 Å². The summed E-state index contributed by atoms with van der Waals surface area (Å²) < 4.78 is 13.4. The highest BCUT2D eigenvalue weighted by Gasteiger charge is 2.35. The lowest BCUT2D eigenvalue weighted by Crippen LogP contribution is -2.42. The number of halogens is 1. The zero-order valence-electron chi connectivity index (χ0n) is 11.9. The maximum absolute atomic E-state index is 13.4. The van der Waals surface area contributed by atoms with Crippen LogP contribution in [0.4, 0.5) is 4.39 Å². The van der Waals surface area contributed by atoms with Crippen molar-refractivity contribution < 1.29 is 9.18 Å². The summed E-state index contributed by atoms with van der Waals surface area (Å²) in [7, 11) is 0. The molecule has 4 heteroatoms. The minimum atomic E-state index is -0.339. The third-order valence-corrected chi connectivity index (χ3v) is 4.26. The summed E-state index contributed by atoms with van der Waals surface area (Å²) in [6.45, 7) is 3.65. The largest absolute Gasteiger partial charge is 0.334 e. The molecule has 1 saturated heterocycles. The second-order valence-electron chi connectivity index (χ2n) is 5.94. The third-order valence-electron chi connectivity index (χ3n) is 4.26. The number of carbonyl (C=O) groups excluding carboxylic acids is 1. The fourth-order valence-electron chi connectivity index (χ4n) is 2.91. The van der Waals surface area contributed by atoms with Crippen LogP contribution in [0.1, 0.15) is 41.6 Å². The van der Waals surface area contributed by atoms with E-state index in [-0.39, 0.29) is 11.7 Å². The second kappa shape index (κ2) is 5.52. The molecule has 1 atom stereocenters. The van der Waals surface area contributed by atoms with Crippen molar-refractivity contribution in [1.82, 2.24) is 10.2 Å². The zero-order chi connectivity index (χ0) is 14.1. The van der Waals surface area contributed by atoms with Crippen molar-refractivity contribution in [3.8, 4) is 0 Å². The molecule has 1 aliphatic heterocycles. The molecule has 108 valence electrons. The normalized spacial score (nSPS) is 22.0. The van der Waals surface area contributed by atoms with Crippen LogP contribution < -0.4 is 5.32 Å². The van der Waals surface area contributed by atoms with E-state index in [2.05, 4.69) is 5.32 Å². The number of benzene rings is 1. The molecule has 0 radical (unpaired) electrons. The first kappa shape index (κ1) is 13.6. The van der Waals surface area contributed by atoms with E-state index in [1.54, 1.807) is 6.07 Å². The van der Waals surface area contributed by atoms with E-state index >= 15 is 0 Å². The molecule has 1 N–H and O–H groups in total. The van der Waals surface area contributed by atoms with Gasteiger partial charge in [-0.3, -0.25) is 4.79 Å². The van der Waals surface area contributed by atoms with Crippen LogP contribution in [0.15, 0.2) is 18.2 Å². The number of amides is 1. The van der Waals surface area contributed by atoms with E-state index < -0.39 is 0 Å². The Balaban J connectivity index is 1.79. The minimum absolute atomic E-state index is 0.0156. The van der Waals surface area contributed by atoms with E-state index in [0.717, 1.165) is 37.9 Å². The molecule has 1 saturated carbocycles. The average molecular weight is 276 g/mol. The lowest BCUT2D eigenvalue weighted by Gasteiger charge is -2.26. The average Bonchev–Trinajstić information content (AvgIpc) is 3.15. The highest BCUT2D eigenvalue weighted by molar-refractivity contribution is 5.96. The molecule has 0 bridgehead atoms. The molecule has 1 unspecified atom stereocenters. The van der Waals surface area contributed by atoms with Crippen molar-refractivity contribution in [1.29, 1.82) is 0 Å². The molecule has 1 aliphatic carbocycles. The smallest absolute Gasteiger partial charge is 0.254 e. The summed E-state index contributed by atoms with van der Waals surface area (Å²) in [5.41, 5.74) is 1.36. The quantitative estimate of drug-likeness (QED) is 0.916. The van der Waals surface area contributed by atoms with Crippen molar-refractivity contribution in [3.05, 3.63) is 35.1 Å². The van der Waals surface area contributed by atoms with Gasteiger partial charge >= 0.3 is 0 Å². The van der Waals surface area contributed by atoms with Gasteiger partial charge in [0.15, 0.2) is 0 Å². The van der Waals surface area contributed by atoms with Crippen LogP contribution in [0, 0.1) is 12.7 Å². The highest BCUT2D eigenvalue weighted by atomic mass is 19.1. The first-order valence-corrected chi connectivity index (χ1v) is 7.45. The standard InChI is InChI=1S/C16H21FN2O/c1-11-4-5-12(17)9-15(11)16(20)19(14-6-7-14)10-13-3-2-8-18-13/h4-5,9,13-14,18H,2-3,6-8,10H2,1H3.